The number of ether oxygens (including phenoxy) is 1. The molecule has 1 aliphatic heterocycles. The second-order valence-electron chi connectivity index (χ2n) is 4.68. The zero-order valence-corrected chi connectivity index (χ0v) is 10.8. The van der Waals surface area contributed by atoms with Gasteiger partial charge in [0.15, 0.2) is 0 Å². The van der Waals surface area contributed by atoms with Crippen molar-refractivity contribution in [2.75, 3.05) is 13.2 Å². The third-order valence-corrected chi connectivity index (χ3v) is 4.26. The number of aryl methyl sites for hydroxylation is 2. The maximum Gasteiger partial charge on any atom is 0.0946 e. The zero-order chi connectivity index (χ0) is 11.5. The number of thiazole rings is 1. The molecular formula is C12H20N2OS. The van der Waals surface area contributed by atoms with Gasteiger partial charge in [0.1, 0.15) is 0 Å². The molecule has 0 spiro atoms. The monoisotopic (exact) mass is 240 g/mol. The highest BCUT2D eigenvalue weighted by Crippen LogP contribution is 2.21. The summed E-state index contributed by atoms with van der Waals surface area (Å²) in [6.45, 7) is 5.98. The summed E-state index contributed by atoms with van der Waals surface area (Å²) in [6.07, 6.45) is 3.15. The molecule has 90 valence electrons. The van der Waals surface area contributed by atoms with E-state index >= 15 is 0 Å². The average molecular weight is 240 g/mol. The molecule has 2 rings (SSSR count). The molecule has 1 fully saturated rings. The molecule has 4 heteroatoms. The average Bonchev–Trinajstić information content (AvgIpc) is 2.78. The van der Waals surface area contributed by atoms with Gasteiger partial charge in [0.05, 0.1) is 10.7 Å². The number of hydrogen-bond acceptors (Lipinski definition) is 4. The van der Waals surface area contributed by atoms with E-state index in [0.29, 0.717) is 5.92 Å². The summed E-state index contributed by atoms with van der Waals surface area (Å²) in [6, 6.07) is 0.233. The van der Waals surface area contributed by atoms with Crippen LogP contribution in [0.5, 0.6) is 0 Å². The first kappa shape index (κ1) is 12.0. The zero-order valence-electron chi connectivity index (χ0n) is 10.0. The Morgan fingerprint density at radius 2 is 2.38 bits per heavy atom. The predicted octanol–water partition coefficient (Wildman–Crippen LogP) is 2.06. The summed E-state index contributed by atoms with van der Waals surface area (Å²) in [4.78, 5) is 5.84. The summed E-state index contributed by atoms with van der Waals surface area (Å²) in [5, 5.41) is 1.18. The Bertz CT molecular complexity index is 325. The third-order valence-electron chi connectivity index (χ3n) is 3.17. The number of rotatable bonds is 4. The smallest absolute Gasteiger partial charge is 0.0946 e. The highest BCUT2D eigenvalue weighted by Gasteiger charge is 2.19. The molecule has 0 radical (unpaired) electrons. The van der Waals surface area contributed by atoms with Crippen LogP contribution in [0.3, 0.4) is 0 Å². The van der Waals surface area contributed by atoms with Gasteiger partial charge in [-0.25, -0.2) is 4.98 Å². The van der Waals surface area contributed by atoms with E-state index in [-0.39, 0.29) is 6.04 Å². The molecule has 16 heavy (non-hydrogen) atoms. The van der Waals surface area contributed by atoms with Crippen molar-refractivity contribution in [3.63, 3.8) is 0 Å². The minimum absolute atomic E-state index is 0.233. The highest BCUT2D eigenvalue weighted by molar-refractivity contribution is 7.11. The number of nitrogens with two attached hydrogens (primary N) is 1. The maximum absolute atomic E-state index is 6.16. The van der Waals surface area contributed by atoms with Crippen molar-refractivity contribution in [3.8, 4) is 0 Å². The molecule has 1 saturated heterocycles. The lowest BCUT2D eigenvalue weighted by Gasteiger charge is -2.13. The van der Waals surface area contributed by atoms with Gasteiger partial charge in [0, 0.05) is 30.6 Å². The van der Waals surface area contributed by atoms with Crippen molar-refractivity contribution in [2.24, 2.45) is 11.7 Å². The summed E-state index contributed by atoms with van der Waals surface area (Å²) in [5.74, 6) is 0.664. The summed E-state index contributed by atoms with van der Waals surface area (Å²) < 4.78 is 5.36. The molecule has 0 amide bonds. The number of nitrogens with zero attached hydrogens (tertiary/aromatic N) is 1. The van der Waals surface area contributed by atoms with Gasteiger partial charge in [-0.2, -0.15) is 0 Å². The lowest BCUT2D eigenvalue weighted by molar-refractivity contribution is 0.182. The van der Waals surface area contributed by atoms with Gasteiger partial charge in [-0.3, -0.25) is 0 Å². The van der Waals surface area contributed by atoms with Crippen LogP contribution in [0.25, 0.3) is 0 Å². The predicted molar refractivity (Wildman–Crippen MR) is 66.8 cm³/mol. The fraction of sp³-hybridized carbons (Fsp3) is 0.750. The Morgan fingerprint density at radius 3 is 2.94 bits per heavy atom. The second-order valence-corrected chi connectivity index (χ2v) is 5.97. The Balaban J connectivity index is 1.84. The van der Waals surface area contributed by atoms with Crippen LogP contribution < -0.4 is 5.73 Å². The first-order valence-corrected chi connectivity index (χ1v) is 6.73. The van der Waals surface area contributed by atoms with Crippen LogP contribution in [-0.2, 0) is 11.2 Å². The fourth-order valence-corrected chi connectivity index (χ4v) is 3.16. The first-order valence-electron chi connectivity index (χ1n) is 5.91. The van der Waals surface area contributed by atoms with Crippen molar-refractivity contribution in [3.05, 3.63) is 15.6 Å². The van der Waals surface area contributed by atoms with Crippen LogP contribution in [0, 0.1) is 19.8 Å². The Hall–Kier alpha value is -0.450. The quantitative estimate of drug-likeness (QED) is 0.876. The SMILES string of the molecule is Cc1nc(CC(N)CC2CCOC2)sc1C. The van der Waals surface area contributed by atoms with E-state index in [1.165, 1.54) is 16.3 Å². The van der Waals surface area contributed by atoms with E-state index in [4.69, 9.17) is 10.5 Å². The van der Waals surface area contributed by atoms with E-state index < -0.39 is 0 Å². The van der Waals surface area contributed by atoms with Crippen molar-refractivity contribution in [2.45, 2.75) is 39.2 Å². The number of hydrogen-bond donors (Lipinski definition) is 1. The molecular weight excluding hydrogens is 220 g/mol. The van der Waals surface area contributed by atoms with Crippen LogP contribution in [-0.4, -0.2) is 24.2 Å². The van der Waals surface area contributed by atoms with Gasteiger partial charge in [-0.15, -0.1) is 11.3 Å². The fourth-order valence-electron chi connectivity index (χ4n) is 2.13. The molecule has 0 aliphatic carbocycles. The van der Waals surface area contributed by atoms with Crippen molar-refractivity contribution < 1.29 is 4.74 Å². The molecule has 0 bridgehead atoms. The van der Waals surface area contributed by atoms with E-state index in [1.54, 1.807) is 11.3 Å². The Morgan fingerprint density at radius 1 is 1.56 bits per heavy atom. The van der Waals surface area contributed by atoms with Crippen molar-refractivity contribution >= 4 is 11.3 Å². The summed E-state index contributed by atoms with van der Waals surface area (Å²) >= 11 is 1.78. The third kappa shape index (κ3) is 3.03. The molecule has 2 unspecified atom stereocenters. The largest absolute Gasteiger partial charge is 0.381 e. The van der Waals surface area contributed by atoms with Crippen LogP contribution in [0.1, 0.15) is 28.4 Å². The van der Waals surface area contributed by atoms with E-state index in [2.05, 4.69) is 18.8 Å². The molecule has 2 atom stereocenters. The van der Waals surface area contributed by atoms with Gasteiger partial charge in [0.25, 0.3) is 0 Å². The normalized spacial score (nSPS) is 22.6. The van der Waals surface area contributed by atoms with Crippen molar-refractivity contribution in [1.29, 1.82) is 0 Å². The van der Waals surface area contributed by atoms with Gasteiger partial charge in [-0.05, 0) is 32.6 Å². The van der Waals surface area contributed by atoms with Crippen LogP contribution >= 0.6 is 11.3 Å². The minimum atomic E-state index is 0.233. The van der Waals surface area contributed by atoms with Gasteiger partial charge in [0.2, 0.25) is 0 Å². The molecule has 3 nitrogen and oxygen atoms in total. The van der Waals surface area contributed by atoms with Crippen LogP contribution in [0.2, 0.25) is 0 Å². The summed E-state index contributed by atoms with van der Waals surface area (Å²) in [7, 11) is 0. The molecule has 1 aliphatic rings. The van der Waals surface area contributed by atoms with Crippen molar-refractivity contribution in [1.82, 2.24) is 4.98 Å². The second kappa shape index (κ2) is 5.25. The standard InChI is InChI=1S/C12H20N2OS/c1-8-9(2)16-12(14-8)6-11(13)5-10-3-4-15-7-10/h10-11H,3-7,13H2,1-2H3. The van der Waals surface area contributed by atoms with E-state index in [1.807, 2.05) is 0 Å². The molecule has 2 N–H and O–H groups in total. The lowest BCUT2D eigenvalue weighted by atomic mass is 9.98. The van der Waals surface area contributed by atoms with Gasteiger partial charge >= 0.3 is 0 Å². The molecule has 2 heterocycles. The summed E-state index contributed by atoms with van der Waals surface area (Å²) in [5.41, 5.74) is 7.31. The van der Waals surface area contributed by atoms with Gasteiger partial charge < -0.3 is 10.5 Å². The minimum Gasteiger partial charge on any atom is -0.381 e. The van der Waals surface area contributed by atoms with Crippen LogP contribution in [0.4, 0.5) is 0 Å². The topological polar surface area (TPSA) is 48.1 Å². The lowest BCUT2D eigenvalue weighted by Crippen LogP contribution is -2.26. The van der Waals surface area contributed by atoms with E-state index in [0.717, 1.165) is 31.7 Å². The number of aromatic nitrogens is 1. The molecule has 1 aromatic heterocycles. The Labute approximate surface area is 101 Å². The maximum atomic E-state index is 6.16. The first-order chi connectivity index (χ1) is 7.65. The van der Waals surface area contributed by atoms with Gasteiger partial charge in [-0.1, -0.05) is 0 Å². The molecule has 1 aromatic rings. The highest BCUT2D eigenvalue weighted by atomic mass is 32.1. The van der Waals surface area contributed by atoms with E-state index in [9.17, 15) is 0 Å². The Kier molecular flexibility index (Phi) is 3.95. The molecule has 0 saturated carbocycles. The molecule has 0 aromatic carbocycles. The van der Waals surface area contributed by atoms with Crippen LogP contribution in [0.15, 0.2) is 0 Å².